The number of esters is 1. The third kappa shape index (κ3) is 3.23. The summed E-state index contributed by atoms with van der Waals surface area (Å²) in [5.74, 6) is -2.08. The zero-order valence-corrected chi connectivity index (χ0v) is 8.92. The van der Waals surface area contributed by atoms with E-state index in [-0.39, 0.29) is 6.54 Å². The van der Waals surface area contributed by atoms with Gasteiger partial charge in [0.1, 0.15) is 11.6 Å². The molecule has 0 spiro atoms. The largest absolute Gasteiger partial charge is 0.458 e. The molecule has 6 heteroatoms. The Morgan fingerprint density at radius 2 is 1.93 bits per heavy atom. The fourth-order valence-electron chi connectivity index (χ4n) is 1.07. The normalized spacial score (nSPS) is 21.7. The quantitative estimate of drug-likeness (QED) is 0.430. The third-order valence-corrected chi connectivity index (χ3v) is 1.67. The molecule has 0 bridgehead atoms. The van der Waals surface area contributed by atoms with E-state index in [1.54, 1.807) is 20.8 Å². The summed E-state index contributed by atoms with van der Waals surface area (Å²) in [7, 11) is 0. The van der Waals surface area contributed by atoms with Crippen molar-refractivity contribution in [1.29, 1.82) is 0 Å². The summed E-state index contributed by atoms with van der Waals surface area (Å²) < 4.78 is 5.06. The van der Waals surface area contributed by atoms with Crippen molar-refractivity contribution in [2.45, 2.75) is 32.4 Å². The lowest BCUT2D eigenvalue weighted by molar-refractivity contribution is -0.160. The average molecular weight is 214 g/mol. The maximum absolute atomic E-state index is 11.5. The van der Waals surface area contributed by atoms with Crippen molar-refractivity contribution in [3.63, 3.8) is 0 Å². The van der Waals surface area contributed by atoms with Crippen molar-refractivity contribution >= 4 is 17.8 Å². The topological polar surface area (TPSA) is 84.5 Å². The van der Waals surface area contributed by atoms with E-state index in [4.69, 9.17) is 4.74 Å². The first-order valence-corrected chi connectivity index (χ1v) is 4.61. The lowest BCUT2D eigenvalue weighted by Gasteiger charge is -2.26. The van der Waals surface area contributed by atoms with E-state index in [0.717, 1.165) is 0 Å². The van der Waals surface area contributed by atoms with Crippen LogP contribution in [0.5, 0.6) is 0 Å². The van der Waals surface area contributed by atoms with Gasteiger partial charge in [-0.1, -0.05) is 0 Å². The number of rotatable bonds is 1. The molecule has 2 amide bonds. The molecule has 1 aliphatic rings. The number of ether oxygens (including phenoxy) is 1. The predicted octanol–water partition coefficient (Wildman–Crippen LogP) is -1.06. The van der Waals surface area contributed by atoms with Crippen LogP contribution in [0.25, 0.3) is 0 Å². The van der Waals surface area contributed by atoms with E-state index in [2.05, 4.69) is 10.6 Å². The fourth-order valence-corrected chi connectivity index (χ4v) is 1.07. The highest BCUT2D eigenvalue weighted by atomic mass is 16.6. The molecule has 1 rings (SSSR count). The molecule has 0 aromatic rings. The maximum atomic E-state index is 11.5. The minimum Gasteiger partial charge on any atom is -0.458 e. The van der Waals surface area contributed by atoms with Gasteiger partial charge in [0.05, 0.1) is 0 Å². The van der Waals surface area contributed by atoms with Crippen LogP contribution in [0.15, 0.2) is 0 Å². The highest BCUT2D eigenvalue weighted by Gasteiger charge is 2.32. The van der Waals surface area contributed by atoms with Crippen molar-refractivity contribution in [2.24, 2.45) is 0 Å². The van der Waals surface area contributed by atoms with Crippen LogP contribution in [0, 0.1) is 0 Å². The van der Waals surface area contributed by atoms with Crippen molar-refractivity contribution in [1.82, 2.24) is 10.6 Å². The van der Waals surface area contributed by atoms with Crippen LogP contribution in [0.4, 0.5) is 0 Å². The summed E-state index contributed by atoms with van der Waals surface area (Å²) >= 11 is 0. The summed E-state index contributed by atoms with van der Waals surface area (Å²) in [5, 5.41) is 4.56. The molecule has 1 aliphatic heterocycles. The van der Waals surface area contributed by atoms with E-state index in [1.807, 2.05) is 0 Å². The molecule has 0 aliphatic carbocycles. The van der Waals surface area contributed by atoms with Gasteiger partial charge in [-0.3, -0.25) is 9.59 Å². The van der Waals surface area contributed by atoms with E-state index >= 15 is 0 Å². The Kier molecular flexibility index (Phi) is 2.97. The van der Waals surface area contributed by atoms with Crippen molar-refractivity contribution in [2.75, 3.05) is 6.54 Å². The number of hydrogen-bond acceptors (Lipinski definition) is 4. The molecule has 1 fully saturated rings. The molecule has 1 unspecified atom stereocenters. The molecule has 0 saturated carbocycles. The van der Waals surface area contributed by atoms with Crippen molar-refractivity contribution in [3.05, 3.63) is 0 Å². The Hall–Kier alpha value is -1.59. The Bertz CT molecular complexity index is 306. The van der Waals surface area contributed by atoms with Gasteiger partial charge in [0, 0.05) is 6.54 Å². The third-order valence-electron chi connectivity index (χ3n) is 1.67. The molecule has 6 nitrogen and oxygen atoms in total. The van der Waals surface area contributed by atoms with Crippen LogP contribution in [-0.4, -0.2) is 36.0 Å². The lowest BCUT2D eigenvalue weighted by Crippen LogP contribution is -2.59. The second-order valence-electron chi connectivity index (χ2n) is 4.27. The van der Waals surface area contributed by atoms with Gasteiger partial charge in [-0.25, -0.2) is 4.79 Å². The molecule has 0 aromatic carbocycles. The Labute approximate surface area is 87.4 Å². The first kappa shape index (κ1) is 11.5. The molecule has 1 atom stereocenters. The summed E-state index contributed by atoms with van der Waals surface area (Å²) in [6, 6.07) is -0.797. The Balaban J connectivity index is 2.55. The van der Waals surface area contributed by atoms with Gasteiger partial charge in [-0.15, -0.1) is 0 Å². The molecule has 15 heavy (non-hydrogen) atoms. The SMILES string of the molecule is CC(C)(C)OC(=O)C1CNC(=O)C(=O)N1. The average Bonchev–Trinajstić information content (AvgIpc) is 2.06. The van der Waals surface area contributed by atoms with Crippen LogP contribution < -0.4 is 10.6 Å². The molecule has 0 aromatic heterocycles. The first-order chi connectivity index (χ1) is 6.79. The molecular weight excluding hydrogens is 200 g/mol. The van der Waals surface area contributed by atoms with Crippen molar-refractivity contribution in [3.8, 4) is 0 Å². The summed E-state index contributed by atoms with van der Waals surface area (Å²) in [5.41, 5.74) is -0.608. The van der Waals surface area contributed by atoms with E-state index in [0.29, 0.717) is 0 Å². The molecule has 1 saturated heterocycles. The van der Waals surface area contributed by atoms with Gasteiger partial charge in [-0.05, 0) is 20.8 Å². The highest BCUT2D eigenvalue weighted by molar-refractivity contribution is 6.36. The standard InChI is InChI=1S/C9H14N2O4/c1-9(2,3)15-8(14)5-4-10-6(12)7(13)11-5/h5H,4H2,1-3H3,(H,10,12)(H,11,13). The summed E-state index contributed by atoms with van der Waals surface area (Å²) in [6.45, 7) is 5.26. The zero-order valence-electron chi connectivity index (χ0n) is 8.92. The second-order valence-corrected chi connectivity index (χ2v) is 4.27. The molecule has 2 N–H and O–H groups in total. The van der Waals surface area contributed by atoms with Gasteiger partial charge in [-0.2, -0.15) is 0 Å². The van der Waals surface area contributed by atoms with E-state index in [9.17, 15) is 14.4 Å². The highest BCUT2D eigenvalue weighted by Crippen LogP contribution is 2.08. The number of piperazine rings is 1. The molecule has 1 heterocycles. The van der Waals surface area contributed by atoms with E-state index in [1.165, 1.54) is 0 Å². The Morgan fingerprint density at radius 3 is 2.40 bits per heavy atom. The van der Waals surface area contributed by atoms with Gasteiger partial charge in [0.25, 0.3) is 0 Å². The number of carbonyl (C=O) groups excluding carboxylic acids is 3. The summed E-state index contributed by atoms with van der Waals surface area (Å²) in [6.07, 6.45) is 0. The minimum atomic E-state index is -0.808. The fraction of sp³-hybridized carbons (Fsp3) is 0.667. The number of carbonyl (C=O) groups is 3. The Morgan fingerprint density at radius 1 is 1.33 bits per heavy atom. The summed E-state index contributed by atoms with van der Waals surface area (Å²) in [4.78, 5) is 33.2. The van der Waals surface area contributed by atoms with Crippen LogP contribution >= 0.6 is 0 Å². The van der Waals surface area contributed by atoms with Gasteiger partial charge in [0.2, 0.25) is 0 Å². The van der Waals surface area contributed by atoms with Gasteiger partial charge >= 0.3 is 17.8 Å². The zero-order chi connectivity index (χ0) is 11.6. The predicted molar refractivity (Wildman–Crippen MR) is 50.8 cm³/mol. The molecular formula is C9H14N2O4. The van der Waals surface area contributed by atoms with Crippen LogP contribution in [0.1, 0.15) is 20.8 Å². The number of nitrogens with one attached hydrogen (secondary N) is 2. The molecule has 84 valence electrons. The van der Waals surface area contributed by atoms with Gasteiger partial charge < -0.3 is 15.4 Å². The second kappa shape index (κ2) is 3.88. The number of amides is 2. The maximum Gasteiger partial charge on any atom is 0.331 e. The van der Waals surface area contributed by atoms with E-state index < -0.39 is 29.4 Å². The molecule has 0 radical (unpaired) electrons. The monoisotopic (exact) mass is 214 g/mol. The smallest absolute Gasteiger partial charge is 0.331 e. The van der Waals surface area contributed by atoms with Crippen LogP contribution in [-0.2, 0) is 19.1 Å². The van der Waals surface area contributed by atoms with Crippen LogP contribution in [0.2, 0.25) is 0 Å². The number of hydrogen-bond donors (Lipinski definition) is 2. The van der Waals surface area contributed by atoms with Crippen molar-refractivity contribution < 1.29 is 19.1 Å². The van der Waals surface area contributed by atoms with Crippen LogP contribution in [0.3, 0.4) is 0 Å². The van der Waals surface area contributed by atoms with Gasteiger partial charge in [0.15, 0.2) is 0 Å². The minimum absolute atomic E-state index is 0.0689. The lowest BCUT2D eigenvalue weighted by atomic mass is 10.1. The first-order valence-electron chi connectivity index (χ1n) is 4.61.